The van der Waals surface area contributed by atoms with Crippen molar-refractivity contribution in [2.75, 3.05) is 0 Å². The maximum atomic E-state index is 9.31. The van der Waals surface area contributed by atoms with E-state index < -0.39 is 0 Å². The number of hydrogen-bond donors (Lipinski definition) is 0. The summed E-state index contributed by atoms with van der Waals surface area (Å²) >= 11 is 0. The van der Waals surface area contributed by atoms with E-state index in [4.69, 9.17) is 15.3 Å². The van der Waals surface area contributed by atoms with E-state index in [1.54, 1.807) is 18.2 Å². The Morgan fingerprint density at radius 2 is 1.33 bits per heavy atom. The fourth-order valence-electron chi connectivity index (χ4n) is 2.58. The minimum absolute atomic E-state index is 0.0343. The summed E-state index contributed by atoms with van der Waals surface area (Å²) in [6.07, 6.45) is 5.12. The minimum Gasteiger partial charge on any atom is -0.457 e. The first-order valence-electron chi connectivity index (χ1n) is 8.13. The molecule has 0 radical (unpaired) electrons. The molecule has 0 spiro atoms. The van der Waals surface area contributed by atoms with Crippen LogP contribution in [0.1, 0.15) is 11.1 Å². The summed E-state index contributed by atoms with van der Waals surface area (Å²) < 4.78 is 5.94. The molecule has 0 saturated carbocycles. The number of allylic oxidation sites excluding steroid dienone is 6. The summed E-state index contributed by atoms with van der Waals surface area (Å²) in [5, 5.41) is 27.4. The number of nitrogens with zero attached hydrogens (tertiary/aromatic N) is 3. The van der Waals surface area contributed by atoms with Gasteiger partial charge in [0.05, 0.1) is 5.57 Å². The van der Waals surface area contributed by atoms with E-state index in [9.17, 15) is 5.26 Å². The van der Waals surface area contributed by atoms with E-state index in [1.807, 2.05) is 72.8 Å². The van der Waals surface area contributed by atoms with Crippen LogP contribution in [0.3, 0.4) is 0 Å². The van der Waals surface area contributed by atoms with Crippen molar-refractivity contribution in [2.45, 2.75) is 0 Å². The molecular weight excluding hydrogens is 334 g/mol. The van der Waals surface area contributed by atoms with Crippen LogP contribution in [-0.2, 0) is 4.74 Å². The Morgan fingerprint density at radius 1 is 0.741 bits per heavy atom. The van der Waals surface area contributed by atoms with E-state index >= 15 is 0 Å². The van der Waals surface area contributed by atoms with Crippen LogP contribution in [0.15, 0.2) is 95.8 Å². The van der Waals surface area contributed by atoms with Crippen LogP contribution >= 0.6 is 0 Å². The highest BCUT2D eigenvalue weighted by molar-refractivity contribution is 5.85. The lowest BCUT2D eigenvalue weighted by Crippen LogP contribution is -2.00. The lowest BCUT2D eigenvalue weighted by molar-refractivity contribution is 0.398. The second kappa shape index (κ2) is 8.17. The molecule has 0 aromatic heterocycles. The molecule has 0 aliphatic carbocycles. The van der Waals surface area contributed by atoms with Crippen molar-refractivity contribution in [1.29, 1.82) is 15.8 Å². The van der Waals surface area contributed by atoms with Gasteiger partial charge in [-0.25, -0.2) is 0 Å². The highest BCUT2D eigenvalue weighted by atomic mass is 16.5. The summed E-state index contributed by atoms with van der Waals surface area (Å²) in [6.45, 7) is 0. The van der Waals surface area contributed by atoms with E-state index in [0.717, 1.165) is 16.7 Å². The van der Waals surface area contributed by atoms with Crippen LogP contribution in [0.5, 0.6) is 0 Å². The molecule has 0 atom stereocenters. The molecule has 0 N–H and O–H groups in total. The van der Waals surface area contributed by atoms with Gasteiger partial charge in [0.25, 0.3) is 0 Å². The van der Waals surface area contributed by atoms with Crippen molar-refractivity contribution in [3.63, 3.8) is 0 Å². The molecular formula is C23H13N3O. The van der Waals surface area contributed by atoms with Gasteiger partial charge in [-0.3, -0.25) is 0 Å². The van der Waals surface area contributed by atoms with E-state index in [-0.39, 0.29) is 11.1 Å². The van der Waals surface area contributed by atoms with Gasteiger partial charge >= 0.3 is 0 Å². The summed E-state index contributed by atoms with van der Waals surface area (Å²) in [5.41, 5.74) is 2.49. The first-order valence-corrected chi connectivity index (χ1v) is 8.13. The molecule has 0 fully saturated rings. The second-order valence-corrected chi connectivity index (χ2v) is 5.61. The molecule has 2 aromatic carbocycles. The zero-order valence-electron chi connectivity index (χ0n) is 14.3. The Kier molecular flexibility index (Phi) is 5.29. The summed E-state index contributed by atoms with van der Waals surface area (Å²) in [4.78, 5) is 0. The molecule has 1 aliphatic rings. The molecule has 27 heavy (non-hydrogen) atoms. The average Bonchev–Trinajstić information content (AvgIpc) is 2.75. The molecule has 0 saturated heterocycles. The Labute approximate surface area is 157 Å². The number of nitriles is 3. The predicted molar refractivity (Wildman–Crippen MR) is 102 cm³/mol. The predicted octanol–water partition coefficient (Wildman–Crippen LogP) is 4.89. The molecule has 4 nitrogen and oxygen atoms in total. The number of ether oxygens (including phenoxy) is 1. The van der Waals surface area contributed by atoms with Gasteiger partial charge in [-0.2, -0.15) is 15.8 Å². The van der Waals surface area contributed by atoms with Gasteiger partial charge in [-0.15, -0.1) is 0 Å². The van der Waals surface area contributed by atoms with Crippen LogP contribution < -0.4 is 0 Å². The Morgan fingerprint density at radius 3 is 1.89 bits per heavy atom. The standard InChI is InChI=1S/C23H13N3O/c24-14-20(21(15-25)16-26)12-22-11-19(17-7-3-1-4-8-17)13-23(27-22)18-9-5-2-6-10-18/h1-13H/b22-12+. The highest BCUT2D eigenvalue weighted by Gasteiger charge is 2.15. The maximum Gasteiger partial charge on any atom is 0.147 e. The van der Waals surface area contributed by atoms with Gasteiger partial charge in [0.1, 0.15) is 35.3 Å². The van der Waals surface area contributed by atoms with Gasteiger partial charge in [0, 0.05) is 11.6 Å². The van der Waals surface area contributed by atoms with E-state index in [0.29, 0.717) is 11.5 Å². The van der Waals surface area contributed by atoms with Gasteiger partial charge < -0.3 is 4.74 Å². The topological polar surface area (TPSA) is 80.6 Å². The second-order valence-electron chi connectivity index (χ2n) is 5.61. The van der Waals surface area contributed by atoms with Gasteiger partial charge in [0.15, 0.2) is 0 Å². The molecule has 3 rings (SSSR count). The highest BCUT2D eigenvalue weighted by Crippen LogP contribution is 2.32. The molecule has 2 aromatic rings. The Bertz CT molecular complexity index is 1080. The average molecular weight is 347 g/mol. The summed E-state index contributed by atoms with van der Waals surface area (Å²) in [6, 6.07) is 24.7. The molecule has 4 heteroatoms. The van der Waals surface area contributed by atoms with Crippen LogP contribution in [0.4, 0.5) is 0 Å². The van der Waals surface area contributed by atoms with Crippen molar-refractivity contribution >= 4 is 11.3 Å². The fraction of sp³-hybridized carbons (Fsp3) is 0. The Balaban J connectivity index is 2.13. The lowest BCUT2D eigenvalue weighted by Gasteiger charge is -2.18. The van der Waals surface area contributed by atoms with E-state index in [1.165, 1.54) is 6.08 Å². The van der Waals surface area contributed by atoms with E-state index in [2.05, 4.69) is 0 Å². The van der Waals surface area contributed by atoms with Gasteiger partial charge in [-0.1, -0.05) is 60.7 Å². The van der Waals surface area contributed by atoms with Crippen LogP contribution in [0.25, 0.3) is 11.3 Å². The van der Waals surface area contributed by atoms with Crippen molar-refractivity contribution < 1.29 is 4.74 Å². The van der Waals surface area contributed by atoms with Crippen LogP contribution in [0.2, 0.25) is 0 Å². The number of hydrogen-bond acceptors (Lipinski definition) is 4. The van der Waals surface area contributed by atoms with Crippen molar-refractivity contribution in [1.82, 2.24) is 0 Å². The smallest absolute Gasteiger partial charge is 0.147 e. The monoisotopic (exact) mass is 347 g/mol. The van der Waals surface area contributed by atoms with Gasteiger partial charge in [0.2, 0.25) is 0 Å². The quantitative estimate of drug-likeness (QED) is 0.740. The number of rotatable bonds is 3. The summed E-state index contributed by atoms with van der Waals surface area (Å²) in [5.74, 6) is 1.01. The van der Waals surface area contributed by atoms with Crippen molar-refractivity contribution in [3.8, 4) is 18.2 Å². The zero-order valence-corrected chi connectivity index (χ0v) is 14.3. The zero-order chi connectivity index (χ0) is 19.1. The largest absolute Gasteiger partial charge is 0.457 e. The first kappa shape index (κ1) is 17.5. The third kappa shape index (κ3) is 4.02. The van der Waals surface area contributed by atoms with Crippen molar-refractivity contribution in [3.05, 3.63) is 107 Å². The maximum absolute atomic E-state index is 9.31. The molecule has 0 unspecified atom stereocenters. The summed E-state index contributed by atoms with van der Waals surface area (Å²) in [7, 11) is 0. The molecule has 126 valence electrons. The third-order valence-electron chi connectivity index (χ3n) is 3.88. The fourth-order valence-corrected chi connectivity index (χ4v) is 2.58. The number of benzene rings is 2. The lowest BCUT2D eigenvalue weighted by atomic mass is 10.00. The third-order valence-corrected chi connectivity index (χ3v) is 3.88. The minimum atomic E-state index is -0.251. The molecule has 0 amide bonds. The molecule has 0 bridgehead atoms. The van der Waals surface area contributed by atoms with Crippen molar-refractivity contribution in [2.24, 2.45) is 0 Å². The van der Waals surface area contributed by atoms with Crippen LogP contribution in [0, 0.1) is 34.0 Å². The molecule has 1 heterocycles. The first-order chi connectivity index (χ1) is 13.2. The molecule has 1 aliphatic heterocycles. The van der Waals surface area contributed by atoms with Crippen LogP contribution in [-0.4, -0.2) is 0 Å². The van der Waals surface area contributed by atoms with Gasteiger partial charge in [-0.05, 0) is 23.3 Å². The Hall–Kier alpha value is -4.33. The SMILES string of the molecule is N#CC(C#N)=C(C#N)/C=C1\C=C(c2ccccc2)C=C(c2ccccc2)O1. The normalized spacial score (nSPS) is 13.9.